The largest absolute Gasteiger partial charge is 0.379 e. The van der Waals surface area contributed by atoms with Crippen LogP contribution in [0.4, 0.5) is 5.13 Å². The number of fused-ring (bicyclic) bond motifs is 1. The average molecular weight is 543 g/mol. The summed E-state index contributed by atoms with van der Waals surface area (Å²) in [4.78, 5) is 23.0. The van der Waals surface area contributed by atoms with Crippen LogP contribution in [-0.2, 0) is 14.8 Å². The van der Waals surface area contributed by atoms with Crippen LogP contribution in [0.5, 0.6) is 0 Å². The monoisotopic (exact) mass is 542 g/mol. The van der Waals surface area contributed by atoms with Crippen LogP contribution >= 0.6 is 11.3 Å². The maximum absolute atomic E-state index is 13.8. The van der Waals surface area contributed by atoms with Gasteiger partial charge in [-0.05, 0) is 74.6 Å². The third-order valence-corrected chi connectivity index (χ3v) is 10.3. The Bertz CT molecular complexity index is 1380. The van der Waals surface area contributed by atoms with E-state index in [2.05, 4.69) is 30.9 Å². The van der Waals surface area contributed by atoms with E-state index in [-0.39, 0.29) is 16.8 Å². The molecule has 5 rings (SSSR count). The molecule has 8 nitrogen and oxygen atoms in total. The predicted molar refractivity (Wildman–Crippen MR) is 147 cm³/mol. The van der Waals surface area contributed by atoms with Gasteiger partial charge in [0.05, 0.1) is 28.3 Å². The molecular weight excluding hydrogens is 508 g/mol. The molecule has 2 aromatic carbocycles. The van der Waals surface area contributed by atoms with E-state index in [1.165, 1.54) is 21.2 Å². The van der Waals surface area contributed by atoms with E-state index in [4.69, 9.17) is 9.72 Å². The molecule has 3 aromatic rings. The summed E-state index contributed by atoms with van der Waals surface area (Å²) in [5, 5.41) is 0.667. The molecule has 1 amide bonds. The lowest BCUT2D eigenvalue weighted by Gasteiger charge is -2.27. The third-order valence-electron chi connectivity index (χ3n) is 7.35. The Morgan fingerprint density at radius 2 is 1.81 bits per heavy atom. The summed E-state index contributed by atoms with van der Waals surface area (Å²) in [6.07, 6.45) is 2.60. The maximum Gasteiger partial charge on any atom is 0.260 e. The van der Waals surface area contributed by atoms with Crippen LogP contribution in [0.25, 0.3) is 10.2 Å². The van der Waals surface area contributed by atoms with Crippen molar-refractivity contribution in [3.05, 3.63) is 53.1 Å². The highest BCUT2D eigenvalue weighted by Gasteiger charge is 2.35. The topological polar surface area (TPSA) is 83.0 Å². The highest BCUT2D eigenvalue weighted by molar-refractivity contribution is 7.89. The lowest BCUT2D eigenvalue weighted by Crippen LogP contribution is -2.39. The Morgan fingerprint density at radius 3 is 2.49 bits per heavy atom. The summed E-state index contributed by atoms with van der Waals surface area (Å²) in [6, 6.07) is 10.5. The number of nitrogens with zero attached hydrogens (tertiary/aromatic N) is 4. The standard InChI is InChI=1S/C27H34N4O4S2/c1-19-5-12-24-25(20(19)2)28-27(36-24)31(14-4-13-30-15-17-35-18-16-30)26(32)21-6-10-23(11-7-21)37(33,34)29(3)22-8-9-22/h5-7,10-12,22H,4,8-9,13-18H2,1-3H3. The molecule has 0 N–H and O–H groups in total. The second-order valence-electron chi connectivity index (χ2n) is 9.89. The van der Waals surface area contributed by atoms with Crippen molar-refractivity contribution in [2.75, 3.05) is 51.3 Å². The molecule has 0 radical (unpaired) electrons. The van der Waals surface area contributed by atoms with Crippen molar-refractivity contribution in [2.45, 2.75) is 44.0 Å². The molecular formula is C27H34N4O4S2. The van der Waals surface area contributed by atoms with Gasteiger partial charge in [0.15, 0.2) is 5.13 Å². The van der Waals surface area contributed by atoms with Gasteiger partial charge in [-0.15, -0.1) is 0 Å². The molecule has 37 heavy (non-hydrogen) atoms. The Morgan fingerprint density at radius 1 is 1.11 bits per heavy atom. The molecule has 198 valence electrons. The van der Waals surface area contributed by atoms with E-state index in [0.29, 0.717) is 17.2 Å². The van der Waals surface area contributed by atoms with Gasteiger partial charge in [0, 0.05) is 44.8 Å². The van der Waals surface area contributed by atoms with Crippen LogP contribution in [-0.4, -0.2) is 81.0 Å². The molecule has 1 aromatic heterocycles. The first-order valence-corrected chi connectivity index (χ1v) is 15.1. The molecule has 2 heterocycles. The normalized spacial score (nSPS) is 17.0. The van der Waals surface area contributed by atoms with Crippen LogP contribution in [0.3, 0.4) is 0 Å². The van der Waals surface area contributed by atoms with Gasteiger partial charge in [-0.1, -0.05) is 17.4 Å². The smallest absolute Gasteiger partial charge is 0.260 e. The Labute approximate surface area is 222 Å². The molecule has 1 saturated heterocycles. The minimum atomic E-state index is -3.56. The van der Waals surface area contributed by atoms with Crippen LogP contribution in [0.2, 0.25) is 0 Å². The summed E-state index contributed by atoms with van der Waals surface area (Å²) < 4.78 is 33.8. The van der Waals surface area contributed by atoms with Crippen molar-refractivity contribution in [3.8, 4) is 0 Å². The SMILES string of the molecule is Cc1ccc2sc(N(CCCN3CCOCC3)C(=O)c3ccc(S(=O)(=O)N(C)C4CC4)cc3)nc2c1C. The number of carbonyl (C=O) groups is 1. The molecule has 1 aliphatic carbocycles. The van der Waals surface area contributed by atoms with Crippen LogP contribution in [0, 0.1) is 13.8 Å². The number of anilines is 1. The second-order valence-corrected chi connectivity index (χ2v) is 12.9. The summed E-state index contributed by atoms with van der Waals surface area (Å²) in [5.74, 6) is -0.171. The minimum Gasteiger partial charge on any atom is -0.379 e. The number of hydrogen-bond donors (Lipinski definition) is 0. The average Bonchev–Trinajstić information content (AvgIpc) is 3.67. The van der Waals surface area contributed by atoms with Crippen LogP contribution in [0.15, 0.2) is 41.3 Å². The number of hydrogen-bond acceptors (Lipinski definition) is 7. The first kappa shape index (κ1) is 26.2. The summed E-state index contributed by atoms with van der Waals surface area (Å²) >= 11 is 1.52. The molecule has 0 atom stereocenters. The molecule has 0 spiro atoms. The molecule has 0 bridgehead atoms. The van der Waals surface area contributed by atoms with Gasteiger partial charge >= 0.3 is 0 Å². The molecule has 1 saturated carbocycles. The van der Waals surface area contributed by atoms with E-state index in [9.17, 15) is 13.2 Å². The number of rotatable bonds is 9. The second kappa shape index (κ2) is 10.8. The zero-order valence-corrected chi connectivity index (χ0v) is 23.3. The number of sulfonamides is 1. The van der Waals surface area contributed by atoms with Gasteiger partial charge in [-0.3, -0.25) is 14.6 Å². The fraction of sp³-hybridized carbons (Fsp3) is 0.481. The zero-order valence-electron chi connectivity index (χ0n) is 21.6. The zero-order chi connectivity index (χ0) is 26.2. The van der Waals surface area contributed by atoms with Gasteiger partial charge < -0.3 is 4.74 Å². The van der Waals surface area contributed by atoms with Gasteiger partial charge in [0.2, 0.25) is 10.0 Å². The predicted octanol–water partition coefficient (Wildman–Crippen LogP) is 4.07. The molecule has 0 unspecified atom stereocenters. The molecule has 1 aliphatic heterocycles. The number of aromatic nitrogens is 1. The van der Waals surface area contributed by atoms with Crippen molar-refractivity contribution in [2.24, 2.45) is 0 Å². The Hall–Kier alpha value is -2.37. The first-order valence-electron chi connectivity index (χ1n) is 12.8. The van der Waals surface area contributed by atoms with Gasteiger partial charge in [0.1, 0.15) is 0 Å². The fourth-order valence-electron chi connectivity index (χ4n) is 4.62. The highest BCUT2D eigenvalue weighted by atomic mass is 32.2. The number of ether oxygens (including phenoxy) is 1. The first-order chi connectivity index (χ1) is 17.8. The number of amides is 1. The third kappa shape index (κ3) is 5.58. The van der Waals surface area contributed by atoms with E-state index in [1.807, 2.05) is 0 Å². The Kier molecular flexibility index (Phi) is 7.65. The summed E-state index contributed by atoms with van der Waals surface area (Å²) in [5.41, 5.74) is 3.67. The summed E-state index contributed by atoms with van der Waals surface area (Å²) in [7, 11) is -1.94. The van der Waals surface area contributed by atoms with Crippen LogP contribution < -0.4 is 4.90 Å². The highest BCUT2D eigenvalue weighted by Crippen LogP contribution is 2.33. The maximum atomic E-state index is 13.8. The number of carbonyl (C=O) groups excluding carboxylic acids is 1. The van der Waals surface area contributed by atoms with Gasteiger partial charge in [-0.2, -0.15) is 4.31 Å². The number of benzene rings is 2. The molecule has 2 fully saturated rings. The fourth-order valence-corrected chi connectivity index (χ4v) is 7.08. The van der Waals surface area contributed by atoms with Gasteiger partial charge in [-0.25, -0.2) is 13.4 Å². The quantitative estimate of drug-likeness (QED) is 0.406. The van der Waals surface area contributed by atoms with Crippen molar-refractivity contribution in [1.82, 2.24) is 14.2 Å². The molecule has 10 heteroatoms. The molecule has 2 aliphatic rings. The summed E-state index contributed by atoms with van der Waals surface area (Å²) in [6.45, 7) is 8.81. The van der Waals surface area contributed by atoms with Gasteiger partial charge in [0.25, 0.3) is 5.91 Å². The van der Waals surface area contributed by atoms with E-state index in [1.54, 1.807) is 36.2 Å². The Balaban J connectivity index is 1.40. The lowest BCUT2D eigenvalue weighted by molar-refractivity contribution is 0.0376. The van der Waals surface area contributed by atoms with E-state index >= 15 is 0 Å². The lowest BCUT2D eigenvalue weighted by atomic mass is 10.1. The number of thiazole rings is 1. The van der Waals surface area contributed by atoms with Crippen molar-refractivity contribution < 1.29 is 17.9 Å². The van der Waals surface area contributed by atoms with Crippen molar-refractivity contribution >= 4 is 42.6 Å². The van der Waals surface area contributed by atoms with Crippen LogP contribution in [0.1, 0.15) is 40.7 Å². The van der Waals surface area contributed by atoms with E-state index < -0.39 is 10.0 Å². The van der Waals surface area contributed by atoms with Crippen molar-refractivity contribution in [1.29, 1.82) is 0 Å². The van der Waals surface area contributed by atoms with Crippen molar-refractivity contribution in [3.63, 3.8) is 0 Å². The number of aryl methyl sites for hydroxylation is 2. The minimum absolute atomic E-state index is 0.0828. The number of morpholine rings is 1. The van der Waals surface area contributed by atoms with E-state index in [0.717, 1.165) is 67.9 Å².